The molecule has 1 aliphatic heterocycles. The van der Waals surface area contributed by atoms with E-state index < -0.39 is 0 Å². The third-order valence-electron chi connectivity index (χ3n) is 3.81. The number of nitrogens with one attached hydrogen (secondary N) is 3. The molecular formula is C17H26N4O2S. The van der Waals surface area contributed by atoms with E-state index in [0.29, 0.717) is 11.6 Å². The van der Waals surface area contributed by atoms with Gasteiger partial charge in [-0.15, -0.1) is 0 Å². The van der Waals surface area contributed by atoms with Crippen LogP contribution in [-0.2, 0) is 4.79 Å². The largest absolute Gasteiger partial charge is 0.508 e. The van der Waals surface area contributed by atoms with Crippen molar-refractivity contribution in [2.24, 2.45) is 4.99 Å². The molecule has 1 aromatic carbocycles. The first kappa shape index (κ1) is 18.4. The molecular weight excluding hydrogens is 324 g/mol. The summed E-state index contributed by atoms with van der Waals surface area (Å²) in [5.41, 5.74) is 0.640. The van der Waals surface area contributed by atoms with Crippen molar-refractivity contribution in [3.63, 3.8) is 0 Å². The molecule has 1 saturated heterocycles. The van der Waals surface area contributed by atoms with Crippen LogP contribution < -0.4 is 16.0 Å². The number of hydrogen-bond acceptors (Lipinski definition) is 4. The normalized spacial score (nSPS) is 20.7. The van der Waals surface area contributed by atoms with Crippen molar-refractivity contribution < 1.29 is 9.90 Å². The molecule has 6 nitrogen and oxygen atoms in total. The number of amides is 1. The number of hydrogen-bond donors (Lipinski definition) is 4. The quantitative estimate of drug-likeness (QED) is 0.359. The summed E-state index contributed by atoms with van der Waals surface area (Å²) in [5, 5.41) is 18.5. The van der Waals surface area contributed by atoms with Gasteiger partial charge in [0.25, 0.3) is 0 Å². The molecule has 1 amide bonds. The molecule has 1 fully saturated rings. The second kappa shape index (κ2) is 8.82. The highest BCUT2D eigenvalue weighted by atomic mass is 32.2. The molecule has 0 saturated carbocycles. The number of rotatable bonds is 6. The van der Waals surface area contributed by atoms with E-state index in [0.717, 1.165) is 13.1 Å². The monoisotopic (exact) mass is 350 g/mol. The minimum absolute atomic E-state index is 0.0417. The van der Waals surface area contributed by atoms with E-state index in [9.17, 15) is 9.90 Å². The molecule has 4 N–H and O–H groups in total. The zero-order valence-corrected chi connectivity index (χ0v) is 15.1. The van der Waals surface area contributed by atoms with Crippen LogP contribution in [0.2, 0.25) is 0 Å². The summed E-state index contributed by atoms with van der Waals surface area (Å²) in [7, 11) is 0. The number of aromatic hydroxyl groups is 1. The van der Waals surface area contributed by atoms with Crippen molar-refractivity contribution in [3.05, 3.63) is 24.3 Å². The Bertz CT molecular complexity index is 568. The van der Waals surface area contributed by atoms with Crippen molar-refractivity contribution >= 4 is 29.3 Å². The Hall–Kier alpha value is -1.89. The second-order valence-corrected chi connectivity index (χ2v) is 7.73. The van der Waals surface area contributed by atoms with E-state index in [1.807, 2.05) is 18.7 Å². The number of phenolic OH excluding ortho intramolecular Hbond substituents is 1. The zero-order valence-electron chi connectivity index (χ0n) is 14.3. The molecule has 0 aliphatic carbocycles. The first-order chi connectivity index (χ1) is 11.5. The number of carbonyl (C=O) groups is 1. The highest BCUT2D eigenvalue weighted by Gasteiger charge is 2.29. The minimum Gasteiger partial charge on any atom is -0.508 e. The number of thioether (sulfide) groups is 1. The van der Waals surface area contributed by atoms with Gasteiger partial charge in [-0.1, -0.05) is 0 Å². The summed E-state index contributed by atoms with van der Waals surface area (Å²) >= 11 is 1.99. The molecule has 1 heterocycles. The van der Waals surface area contributed by atoms with Crippen LogP contribution in [0.5, 0.6) is 5.75 Å². The number of guanidine groups is 1. The summed E-state index contributed by atoms with van der Waals surface area (Å²) in [4.78, 5) is 16.3. The van der Waals surface area contributed by atoms with Gasteiger partial charge in [-0.2, -0.15) is 11.8 Å². The fourth-order valence-electron chi connectivity index (χ4n) is 2.48. The lowest BCUT2D eigenvalue weighted by atomic mass is 10.1. The minimum atomic E-state index is -0.195. The predicted molar refractivity (Wildman–Crippen MR) is 101 cm³/mol. The molecule has 1 aliphatic rings. The van der Waals surface area contributed by atoms with E-state index in [1.165, 1.54) is 30.7 Å². The molecule has 2 rings (SSSR count). The fourth-order valence-corrected chi connectivity index (χ4v) is 3.73. The van der Waals surface area contributed by atoms with E-state index in [2.05, 4.69) is 27.9 Å². The van der Waals surface area contributed by atoms with Crippen LogP contribution in [0.4, 0.5) is 5.69 Å². The average Bonchev–Trinajstić information content (AvgIpc) is 2.99. The number of anilines is 1. The number of benzene rings is 1. The zero-order chi connectivity index (χ0) is 17.4. The van der Waals surface area contributed by atoms with Crippen molar-refractivity contribution in [3.8, 4) is 5.75 Å². The third-order valence-corrected chi connectivity index (χ3v) is 5.34. The number of carbonyl (C=O) groups excluding carboxylic acids is 1. The van der Waals surface area contributed by atoms with Gasteiger partial charge in [-0.3, -0.25) is 4.79 Å². The topological polar surface area (TPSA) is 85.8 Å². The summed E-state index contributed by atoms with van der Waals surface area (Å²) in [6.45, 7) is 5.89. The molecule has 1 unspecified atom stereocenters. The molecule has 1 atom stereocenters. The van der Waals surface area contributed by atoms with Gasteiger partial charge in [0, 0.05) is 23.5 Å². The van der Waals surface area contributed by atoms with Crippen molar-refractivity contribution in [1.82, 2.24) is 10.6 Å². The first-order valence-electron chi connectivity index (χ1n) is 8.26. The predicted octanol–water partition coefficient (Wildman–Crippen LogP) is 2.17. The Labute approximate surface area is 147 Å². The maximum Gasteiger partial charge on any atom is 0.246 e. The lowest BCUT2D eigenvalue weighted by Crippen LogP contribution is -2.44. The molecule has 132 valence electrons. The van der Waals surface area contributed by atoms with Crippen LogP contribution in [0.1, 0.15) is 26.7 Å². The van der Waals surface area contributed by atoms with Crippen LogP contribution >= 0.6 is 11.8 Å². The van der Waals surface area contributed by atoms with Crippen LogP contribution in [0, 0.1) is 0 Å². The Kier molecular flexibility index (Phi) is 6.78. The summed E-state index contributed by atoms with van der Waals surface area (Å²) in [6, 6.07) is 6.37. The van der Waals surface area contributed by atoms with Gasteiger partial charge in [-0.25, -0.2) is 4.99 Å². The summed E-state index contributed by atoms with van der Waals surface area (Å²) in [6.07, 6.45) is 2.46. The second-order valence-electron chi connectivity index (χ2n) is 6.05. The van der Waals surface area contributed by atoms with Crippen LogP contribution in [0.25, 0.3) is 0 Å². The smallest absolute Gasteiger partial charge is 0.246 e. The van der Waals surface area contributed by atoms with E-state index in [-0.39, 0.29) is 22.9 Å². The van der Waals surface area contributed by atoms with E-state index in [4.69, 9.17) is 0 Å². The van der Waals surface area contributed by atoms with Gasteiger partial charge in [0.2, 0.25) is 5.91 Å². The molecule has 0 bridgehead atoms. The average molecular weight is 350 g/mol. The number of nitrogens with zero attached hydrogens (tertiary/aromatic N) is 1. The number of phenols is 1. The van der Waals surface area contributed by atoms with Crippen molar-refractivity contribution in [2.75, 3.05) is 30.7 Å². The maximum absolute atomic E-state index is 12.0. The Morgan fingerprint density at radius 3 is 2.71 bits per heavy atom. The molecule has 0 radical (unpaired) electrons. The molecule has 24 heavy (non-hydrogen) atoms. The Balaban J connectivity index is 1.84. The van der Waals surface area contributed by atoms with Crippen LogP contribution in [0.15, 0.2) is 29.3 Å². The molecule has 0 spiro atoms. The third kappa shape index (κ3) is 5.96. The highest BCUT2D eigenvalue weighted by molar-refractivity contribution is 8.00. The van der Waals surface area contributed by atoms with Crippen molar-refractivity contribution in [1.29, 1.82) is 0 Å². The first-order valence-corrected chi connectivity index (χ1v) is 9.24. The lowest BCUT2D eigenvalue weighted by molar-refractivity contribution is -0.114. The summed E-state index contributed by atoms with van der Waals surface area (Å²) < 4.78 is 0.241. The Morgan fingerprint density at radius 2 is 2.08 bits per heavy atom. The maximum atomic E-state index is 12.0. The van der Waals surface area contributed by atoms with E-state index >= 15 is 0 Å². The van der Waals surface area contributed by atoms with E-state index in [1.54, 1.807) is 12.1 Å². The van der Waals surface area contributed by atoms with Crippen LogP contribution in [0.3, 0.4) is 0 Å². The summed E-state index contributed by atoms with van der Waals surface area (Å²) in [5.74, 6) is 1.84. The van der Waals surface area contributed by atoms with Crippen LogP contribution in [-0.4, -0.2) is 47.1 Å². The van der Waals surface area contributed by atoms with Gasteiger partial charge in [0.1, 0.15) is 12.3 Å². The van der Waals surface area contributed by atoms with Gasteiger partial charge < -0.3 is 21.1 Å². The molecule has 1 aromatic rings. The Morgan fingerprint density at radius 1 is 1.33 bits per heavy atom. The van der Waals surface area contributed by atoms with Gasteiger partial charge >= 0.3 is 0 Å². The fraction of sp³-hybridized carbons (Fsp3) is 0.529. The standard InChI is InChI=1S/C17H26N4O2S/c1-3-18-16(20-12-17(2)9-4-10-24-17)19-11-15(23)21-13-5-7-14(22)8-6-13/h5-8,22H,3-4,9-12H2,1-2H3,(H,21,23)(H2,18,19,20). The highest BCUT2D eigenvalue weighted by Crippen LogP contribution is 2.36. The number of aliphatic imine (C=N–C) groups is 1. The molecule has 0 aromatic heterocycles. The molecule has 7 heteroatoms. The van der Waals surface area contributed by atoms with Gasteiger partial charge in [0.15, 0.2) is 5.96 Å². The van der Waals surface area contributed by atoms with Gasteiger partial charge in [0.05, 0.1) is 0 Å². The lowest BCUT2D eigenvalue weighted by Gasteiger charge is -2.24. The van der Waals surface area contributed by atoms with Gasteiger partial charge in [-0.05, 0) is 56.7 Å². The van der Waals surface area contributed by atoms with Crippen molar-refractivity contribution in [2.45, 2.75) is 31.4 Å². The SMILES string of the molecule is CCNC(=NCC(=O)Nc1ccc(O)cc1)NCC1(C)CCCS1.